The molecule has 0 spiro atoms. The quantitative estimate of drug-likeness (QED) is 0.505. The van der Waals surface area contributed by atoms with Crippen LogP contribution >= 0.6 is 0 Å². The number of hydrogen-bond acceptors (Lipinski definition) is 4. The molecular formula is C27H48O4. The van der Waals surface area contributed by atoms with Crippen LogP contribution < -0.4 is 0 Å². The molecule has 0 saturated heterocycles. The maximum atomic E-state index is 12.3. The Hall–Kier alpha value is -0.160. The highest BCUT2D eigenvalue weighted by atomic mass is 16.4. The van der Waals surface area contributed by atoms with Gasteiger partial charge < -0.3 is 20.4 Å². The van der Waals surface area contributed by atoms with Crippen LogP contribution in [-0.2, 0) is 0 Å². The first-order valence-corrected chi connectivity index (χ1v) is 13.2. The van der Waals surface area contributed by atoms with Gasteiger partial charge in [0, 0.05) is 11.8 Å². The summed E-state index contributed by atoms with van der Waals surface area (Å²) in [6.07, 6.45) is 8.32. The van der Waals surface area contributed by atoms with E-state index in [9.17, 15) is 20.4 Å². The molecule has 4 N–H and O–H groups in total. The van der Waals surface area contributed by atoms with Crippen molar-refractivity contribution in [3.63, 3.8) is 0 Å². The largest absolute Gasteiger partial charge is 0.393 e. The van der Waals surface area contributed by atoms with Gasteiger partial charge in [-0.05, 0) is 80.0 Å². The minimum absolute atomic E-state index is 0.0367. The summed E-state index contributed by atoms with van der Waals surface area (Å²) in [6, 6.07) is 0. The van der Waals surface area contributed by atoms with E-state index in [1.807, 2.05) is 6.92 Å². The molecule has 180 valence electrons. The number of hydrogen-bond donors (Lipinski definition) is 4. The van der Waals surface area contributed by atoms with E-state index in [1.54, 1.807) is 0 Å². The monoisotopic (exact) mass is 436 g/mol. The van der Waals surface area contributed by atoms with Crippen LogP contribution in [0.2, 0.25) is 0 Å². The normalized spacial score (nSPS) is 53.0. The second kappa shape index (κ2) is 7.96. The fourth-order valence-electron chi connectivity index (χ4n) is 9.22. The Morgan fingerprint density at radius 1 is 0.839 bits per heavy atom. The Bertz CT molecular complexity index is 666. The van der Waals surface area contributed by atoms with Crippen LogP contribution in [0, 0.1) is 40.4 Å². The molecule has 0 aromatic carbocycles. The summed E-state index contributed by atoms with van der Waals surface area (Å²) in [5, 5.41) is 45.3. The van der Waals surface area contributed by atoms with Gasteiger partial charge in [0.15, 0.2) is 0 Å². The van der Waals surface area contributed by atoms with Crippen LogP contribution in [-0.4, -0.2) is 43.8 Å². The zero-order valence-electron chi connectivity index (χ0n) is 20.6. The van der Waals surface area contributed by atoms with Crippen LogP contribution in [0.3, 0.4) is 0 Å². The molecule has 4 nitrogen and oxygen atoms in total. The minimum atomic E-state index is -1.40. The van der Waals surface area contributed by atoms with E-state index in [0.717, 1.165) is 18.8 Å². The zero-order chi connectivity index (χ0) is 22.8. The van der Waals surface area contributed by atoms with Gasteiger partial charge in [0.1, 0.15) is 5.60 Å². The summed E-state index contributed by atoms with van der Waals surface area (Å²) >= 11 is 0. The van der Waals surface area contributed by atoms with Gasteiger partial charge in [-0.1, -0.05) is 53.9 Å². The summed E-state index contributed by atoms with van der Waals surface area (Å²) in [7, 11) is 0. The average molecular weight is 437 g/mol. The van der Waals surface area contributed by atoms with E-state index >= 15 is 0 Å². The lowest BCUT2D eigenvalue weighted by molar-refractivity contribution is -0.324. The van der Waals surface area contributed by atoms with Gasteiger partial charge in [-0.3, -0.25) is 0 Å². The molecule has 0 aliphatic heterocycles. The minimum Gasteiger partial charge on any atom is -0.393 e. The molecule has 10 unspecified atom stereocenters. The van der Waals surface area contributed by atoms with Crippen molar-refractivity contribution in [1.29, 1.82) is 0 Å². The van der Waals surface area contributed by atoms with Crippen molar-refractivity contribution in [2.75, 3.05) is 0 Å². The highest BCUT2D eigenvalue weighted by Gasteiger charge is 2.73. The molecule has 0 aromatic heterocycles. The van der Waals surface area contributed by atoms with Crippen LogP contribution in [0.25, 0.3) is 0 Å². The van der Waals surface area contributed by atoms with Crippen LogP contribution in [0.15, 0.2) is 0 Å². The fourth-order valence-corrected chi connectivity index (χ4v) is 9.22. The van der Waals surface area contributed by atoms with Crippen molar-refractivity contribution in [3.8, 4) is 0 Å². The number of fused-ring (bicyclic) bond motifs is 5. The molecule has 0 heterocycles. The lowest BCUT2D eigenvalue weighted by atomic mass is 9.40. The predicted octanol–water partition coefficient (Wildman–Crippen LogP) is 4.67. The second-order valence-corrected chi connectivity index (χ2v) is 13.0. The van der Waals surface area contributed by atoms with Gasteiger partial charge in [-0.15, -0.1) is 0 Å². The molecule has 4 aliphatic carbocycles. The van der Waals surface area contributed by atoms with Gasteiger partial charge in [-0.2, -0.15) is 0 Å². The fraction of sp³-hybridized carbons (Fsp3) is 1.00. The number of rotatable bonds is 5. The topological polar surface area (TPSA) is 80.9 Å². The lowest BCUT2D eigenvalue weighted by Crippen LogP contribution is -2.76. The summed E-state index contributed by atoms with van der Waals surface area (Å²) in [5.41, 5.74) is -2.90. The Labute approximate surface area is 189 Å². The first kappa shape index (κ1) is 24.0. The second-order valence-electron chi connectivity index (χ2n) is 13.0. The molecule has 4 heteroatoms. The SMILES string of the molecule is CC(C)CCCC(C)C1CCC2C3CC(O)C4(O)CC(O)CCC4(C)C3(O)CCC12C. The van der Waals surface area contributed by atoms with Crippen LogP contribution in [0.1, 0.15) is 105 Å². The number of aliphatic hydroxyl groups is 4. The predicted molar refractivity (Wildman–Crippen MR) is 123 cm³/mol. The Morgan fingerprint density at radius 2 is 1.55 bits per heavy atom. The summed E-state index contributed by atoms with van der Waals surface area (Å²) in [6.45, 7) is 11.5. The van der Waals surface area contributed by atoms with Crippen molar-refractivity contribution in [2.45, 2.75) is 129 Å². The molecule has 0 aromatic rings. The lowest BCUT2D eigenvalue weighted by Gasteiger charge is -2.69. The van der Waals surface area contributed by atoms with Crippen molar-refractivity contribution < 1.29 is 20.4 Å². The van der Waals surface area contributed by atoms with Crippen molar-refractivity contribution in [3.05, 3.63) is 0 Å². The molecule has 0 amide bonds. The summed E-state index contributed by atoms with van der Waals surface area (Å²) < 4.78 is 0. The highest BCUT2D eigenvalue weighted by molar-refractivity contribution is 5.23. The highest BCUT2D eigenvalue weighted by Crippen LogP contribution is 2.70. The van der Waals surface area contributed by atoms with E-state index < -0.39 is 28.8 Å². The first-order valence-electron chi connectivity index (χ1n) is 13.2. The van der Waals surface area contributed by atoms with Crippen molar-refractivity contribution in [1.82, 2.24) is 0 Å². The van der Waals surface area contributed by atoms with Gasteiger partial charge >= 0.3 is 0 Å². The summed E-state index contributed by atoms with van der Waals surface area (Å²) in [5.74, 6) is 2.60. The Balaban J connectivity index is 1.58. The van der Waals surface area contributed by atoms with Gasteiger partial charge in [0.2, 0.25) is 0 Å². The smallest absolute Gasteiger partial charge is 0.101 e. The molecule has 0 radical (unpaired) electrons. The molecule has 4 rings (SSSR count). The summed E-state index contributed by atoms with van der Waals surface area (Å²) in [4.78, 5) is 0. The zero-order valence-corrected chi connectivity index (χ0v) is 20.6. The van der Waals surface area contributed by atoms with E-state index in [4.69, 9.17) is 0 Å². The third-order valence-electron chi connectivity index (χ3n) is 11.2. The van der Waals surface area contributed by atoms with Crippen molar-refractivity contribution in [2.24, 2.45) is 40.4 Å². The molecule has 4 saturated carbocycles. The molecule has 10 atom stereocenters. The third-order valence-corrected chi connectivity index (χ3v) is 11.2. The maximum Gasteiger partial charge on any atom is 0.101 e. The van der Waals surface area contributed by atoms with E-state index in [0.29, 0.717) is 43.4 Å². The van der Waals surface area contributed by atoms with Crippen LogP contribution in [0.5, 0.6) is 0 Å². The molecule has 0 bridgehead atoms. The average Bonchev–Trinajstić information content (AvgIpc) is 3.03. The number of aliphatic hydroxyl groups excluding tert-OH is 2. The van der Waals surface area contributed by atoms with Gasteiger partial charge in [-0.25, -0.2) is 0 Å². The third kappa shape index (κ3) is 3.37. The maximum absolute atomic E-state index is 12.3. The van der Waals surface area contributed by atoms with Gasteiger partial charge in [0.25, 0.3) is 0 Å². The standard InChI is InChI=1S/C27H48O4/c1-17(2)7-6-8-18(3)20-9-10-21-22-15-23(29)27(31)16-19(28)11-12-25(27,5)26(22,30)14-13-24(20,21)4/h17-23,28-31H,6-16H2,1-5H3. The Kier molecular flexibility index (Phi) is 6.16. The first-order chi connectivity index (χ1) is 14.4. The van der Waals surface area contributed by atoms with E-state index in [-0.39, 0.29) is 17.8 Å². The van der Waals surface area contributed by atoms with E-state index in [2.05, 4.69) is 27.7 Å². The van der Waals surface area contributed by atoms with Gasteiger partial charge in [0.05, 0.1) is 17.8 Å². The van der Waals surface area contributed by atoms with Crippen molar-refractivity contribution >= 4 is 0 Å². The van der Waals surface area contributed by atoms with E-state index in [1.165, 1.54) is 25.7 Å². The molecule has 4 aliphatic rings. The molecule has 31 heavy (non-hydrogen) atoms. The van der Waals surface area contributed by atoms with Crippen LogP contribution in [0.4, 0.5) is 0 Å². The molecule has 4 fully saturated rings. The molecular weight excluding hydrogens is 388 g/mol. The Morgan fingerprint density at radius 3 is 2.23 bits per heavy atom.